The summed E-state index contributed by atoms with van der Waals surface area (Å²) in [5.74, 6) is 0.958. The van der Waals surface area contributed by atoms with Crippen molar-refractivity contribution < 1.29 is 4.79 Å². The van der Waals surface area contributed by atoms with E-state index >= 15 is 0 Å². The van der Waals surface area contributed by atoms with Gasteiger partial charge in [0.25, 0.3) is 0 Å². The van der Waals surface area contributed by atoms with Crippen molar-refractivity contribution in [1.29, 1.82) is 0 Å². The number of rotatable bonds is 5. The Bertz CT molecular complexity index is 1120. The van der Waals surface area contributed by atoms with Crippen LogP contribution in [0, 0.1) is 6.92 Å². The Balaban J connectivity index is 1.43. The van der Waals surface area contributed by atoms with E-state index in [1.54, 1.807) is 0 Å². The van der Waals surface area contributed by atoms with Gasteiger partial charge < -0.3 is 9.80 Å². The first-order chi connectivity index (χ1) is 15.6. The van der Waals surface area contributed by atoms with Crippen LogP contribution in [0.5, 0.6) is 0 Å². The highest BCUT2D eigenvalue weighted by Gasteiger charge is 2.34. The number of hydrogen-bond donors (Lipinski definition) is 0. The van der Waals surface area contributed by atoms with Gasteiger partial charge in [-0.3, -0.25) is 9.48 Å². The van der Waals surface area contributed by atoms with Crippen molar-refractivity contribution in [2.45, 2.75) is 45.1 Å². The van der Waals surface area contributed by atoms with E-state index in [1.807, 2.05) is 47.2 Å². The van der Waals surface area contributed by atoms with E-state index in [2.05, 4.69) is 34.0 Å². The molecule has 0 N–H and O–H groups in total. The number of likely N-dealkylation sites (tertiary alicyclic amines) is 1. The number of benzene rings is 1. The summed E-state index contributed by atoms with van der Waals surface area (Å²) in [6.45, 7) is 4.86. The Hall–Kier alpha value is -3.22. The predicted molar refractivity (Wildman–Crippen MR) is 124 cm³/mol. The highest BCUT2D eigenvalue weighted by atomic mass is 16.2. The summed E-state index contributed by atoms with van der Waals surface area (Å²) in [7, 11) is 1.96. The zero-order valence-corrected chi connectivity index (χ0v) is 18.9. The van der Waals surface area contributed by atoms with E-state index in [0.717, 1.165) is 60.9 Å². The fraction of sp³-hybridized carbons (Fsp3) is 0.440. The quantitative estimate of drug-likeness (QED) is 0.618. The molecule has 2 saturated heterocycles. The first-order valence-corrected chi connectivity index (χ1v) is 11.6. The molecule has 0 bridgehead atoms. The number of carbonyl (C=O) groups is 1. The minimum absolute atomic E-state index is 0.0139. The fourth-order valence-electron chi connectivity index (χ4n) is 5.06. The van der Waals surface area contributed by atoms with E-state index in [1.165, 1.54) is 18.4 Å². The SMILES string of the molecule is Cc1cccc(CC(=O)N2CCCC2c2c(-c3ccnc(N4CCCC4)n3)cnn2C)c1. The molecule has 166 valence electrons. The Morgan fingerprint density at radius 1 is 1.12 bits per heavy atom. The minimum Gasteiger partial charge on any atom is -0.341 e. The number of anilines is 1. The van der Waals surface area contributed by atoms with Crippen molar-refractivity contribution in [3.63, 3.8) is 0 Å². The zero-order chi connectivity index (χ0) is 22.1. The van der Waals surface area contributed by atoms with Gasteiger partial charge in [-0.05, 0) is 44.2 Å². The number of amides is 1. The van der Waals surface area contributed by atoms with Gasteiger partial charge in [-0.2, -0.15) is 5.10 Å². The van der Waals surface area contributed by atoms with Gasteiger partial charge in [0.15, 0.2) is 0 Å². The second-order valence-corrected chi connectivity index (χ2v) is 8.91. The van der Waals surface area contributed by atoms with Crippen LogP contribution in [0.25, 0.3) is 11.3 Å². The second-order valence-electron chi connectivity index (χ2n) is 8.91. The fourth-order valence-corrected chi connectivity index (χ4v) is 5.06. The van der Waals surface area contributed by atoms with Crippen molar-refractivity contribution in [2.24, 2.45) is 7.05 Å². The van der Waals surface area contributed by atoms with Gasteiger partial charge >= 0.3 is 0 Å². The molecule has 0 saturated carbocycles. The summed E-state index contributed by atoms with van der Waals surface area (Å²) >= 11 is 0. The Morgan fingerprint density at radius 2 is 1.97 bits per heavy atom. The maximum atomic E-state index is 13.3. The van der Waals surface area contributed by atoms with Crippen molar-refractivity contribution >= 4 is 11.9 Å². The van der Waals surface area contributed by atoms with Gasteiger partial charge in [0.05, 0.1) is 30.0 Å². The summed E-state index contributed by atoms with van der Waals surface area (Å²) in [5, 5.41) is 4.56. The van der Waals surface area contributed by atoms with E-state index < -0.39 is 0 Å². The van der Waals surface area contributed by atoms with Crippen LogP contribution >= 0.6 is 0 Å². The van der Waals surface area contributed by atoms with Gasteiger partial charge in [-0.1, -0.05) is 29.8 Å². The largest absolute Gasteiger partial charge is 0.341 e. The lowest BCUT2D eigenvalue weighted by Crippen LogP contribution is -2.33. The number of carbonyl (C=O) groups excluding carboxylic acids is 1. The molecule has 5 rings (SSSR count). The lowest BCUT2D eigenvalue weighted by atomic mass is 10.0. The molecule has 1 amide bonds. The second kappa shape index (κ2) is 8.73. The lowest BCUT2D eigenvalue weighted by Gasteiger charge is -2.26. The van der Waals surface area contributed by atoms with Crippen LogP contribution in [0.1, 0.15) is 48.5 Å². The van der Waals surface area contributed by atoms with Crippen LogP contribution < -0.4 is 4.90 Å². The third kappa shape index (κ3) is 3.99. The molecule has 32 heavy (non-hydrogen) atoms. The summed E-state index contributed by atoms with van der Waals surface area (Å²) in [4.78, 5) is 26.9. The molecular formula is C25H30N6O. The molecule has 2 aliphatic rings. The summed E-state index contributed by atoms with van der Waals surface area (Å²) in [5.41, 5.74) is 5.18. The Kier molecular flexibility index (Phi) is 5.64. The zero-order valence-electron chi connectivity index (χ0n) is 18.9. The molecule has 1 atom stereocenters. The molecular weight excluding hydrogens is 400 g/mol. The Morgan fingerprint density at radius 3 is 2.78 bits per heavy atom. The molecule has 3 aromatic rings. The molecule has 7 heteroatoms. The summed E-state index contributed by atoms with van der Waals surface area (Å²) < 4.78 is 1.91. The van der Waals surface area contributed by atoms with Crippen molar-refractivity contribution in [3.8, 4) is 11.3 Å². The van der Waals surface area contributed by atoms with E-state index in [9.17, 15) is 4.79 Å². The highest BCUT2D eigenvalue weighted by Crippen LogP contribution is 2.37. The van der Waals surface area contributed by atoms with Gasteiger partial charge in [-0.15, -0.1) is 0 Å². The van der Waals surface area contributed by atoms with Gasteiger partial charge in [0.2, 0.25) is 11.9 Å². The molecule has 7 nitrogen and oxygen atoms in total. The molecule has 2 aromatic heterocycles. The predicted octanol–water partition coefficient (Wildman–Crippen LogP) is 3.69. The monoisotopic (exact) mass is 430 g/mol. The van der Waals surface area contributed by atoms with Crippen LogP contribution in [-0.4, -0.2) is 50.2 Å². The first-order valence-electron chi connectivity index (χ1n) is 11.6. The maximum Gasteiger partial charge on any atom is 0.227 e. The average molecular weight is 431 g/mol. The average Bonchev–Trinajstić information content (AvgIpc) is 3.54. The van der Waals surface area contributed by atoms with Crippen LogP contribution in [0.2, 0.25) is 0 Å². The van der Waals surface area contributed by atoms with Crippen molar-refractivity contribution in [3.05, 3.63) is 59.5 Å². The van der Waals surface area contributed by atoms with Gasteiger partial charge in [0.1, 0.15) is 0 Å². The molecule has 0 radical (unpaired) electrons. The van der Waals surface area contributed by atoms with E-state index in [0.29, 0.717) is 6.42 Å². The molecule has 1 unspecified atom stereocenters. The smallest absolute Gasteiger partial charge is 0.227 e. The summed E-state index contributed by atoms with van der Waals surface area (Å²) in [6, 6.07) is 10.2. The molecule has 1 aromatic carbocycles. The minimum atomic E-state index is 0.0139. The highest BCUT2D eigenvalue weighted by molar-refractivity contribution is 5.80. The van der Waals surface area contributed by atoms with E-state index in [4.69, 9.17) is 4.98 Å². The number of hydrogen-bond acceptors (Lipinski definition) is 5. The van der Waals surface area contributed by atoms with Gasteiger partial charge in [-0.25, -0.2) is 9.97 Å². The standard InChI is InChI=1S/C25H30N6O/c1-18-7-5-8-19(15-18)16-23(32)31-14-6-9-22(31)24-20(17-27-29(24)2)21-10-11-26-25(28-21)30-12-3-4-13-30/h5,7-8,10-11,15,17,22H,3-4,6,9,12-14,16H2,1-2H3. The van der Waals surface area contributed by atoms with Crippen LogP contribution in [0.15, 0.2) is 42.7 Å². The Labute approximate surface area is 189 Å². The topological polar surface area (TPSA) is 67.2 Å². The molecule has 2 aliphatic heterocycles. The van der Waals surface area contributed by atoms with Crippen LogP contribution in [0.3, 0.4) is 0 Å². The third-order valence-electron chi connectivity index (χ3n) is 6.62. The molecule has 0 aliphatic carbocycles. The van der Waals surface area contributed by atoms with Crippen LogP contribution in [-0.2, 0) is 18.3 Å². The molecule has 2 fully saturated rings. The number of aryl methyl sites for hydroxylation is 2. The third-order valence-corrected chi connectivity index (χ3v) is 6.62. The maximum absolute atomic E-state index is 13.3. The normalized spacial score (nSPS) is 18.5. The first kappa shape index (κ1) is 20.7. The molecule has 0 spiro atoms. The molecule has 4 heterocycles. The number of aromatic nitrogens is 4. The lowest BCUT2D eigenvalue weighted by molar-refractivity contribution is -0.131. The van der Waals surface area contributed by atoms with Crippen LogP contribution in [0.4, 0.5) is 5.95 Å². The van der Waals surface area contributed by atoms with Crippen molar-refractivity contribution in [1.82, 2.24) is 24.6 Å². The number of nitrogens with zero attached hydrogens (tertiary/aromatic N) is 6. The summed E-state index contributed by atoms with van der Waals surface area (Å²) in [6.07, 6.45) is 8.46. The van der Waals surface area contributed by atoms with Crippen molar-refractivity contribution in [2.75, 3.05) is 24.5 Å². The van der Waals surface area contributed by atoms with Gasteiger partial charge in [0, 0.05) is 38.4 Å². The van der Waals surface area contributed by atoms with E-state index in [-0.39, 0.29) is 11.9 Å².